The molecule has 1 amide bonds. The first-order valence-electron chi connectivity index (χ1n) is 13.3. The molecule has 1 fully saturated rings. The highest BCUT2D eigenvalue weighted by Gasteiger charge is 2.22. The molecule has 11 heteroatoms. The summed E-state index contributed by atoms with van der Waals surface area (Å²) in [6.07, 6.45) is 6.12. The van der Waals surface area contributed by atoms with E-state index in [1.807, 2.05) is 23.3 Å². The number of unbranched alkanes of at least 4 members (excludes halogenated alkanes) is 4. The van der Waals surface area contributed by atoms with Crippen molar-refractivity contribution in [3.63, 3.8) is 0 Å². The van der Waals surface area contributed by atoms with Gasteiger partial charge in [-0.1, -0.05) is 40.0 Å². The maximum Gasteiger partial charge on any atom is 0.409 e. The highest BCUT2D eigenvalue weighted by molar-refractivity contribution is 5.83. The maximum absolute atomic E-state index is 12.1. The Bertz CT molecular complexity index is 958. The molecule has 36 heavy (non-hydrogen) atoms. The minimum Gasteiger partial charge on any atom is -0.468 e. The van der Waals surface area contributed by atoms with Crippen LogP contribution in [-0.2, 0) is 11.3 Å². The number of imidazole rings is 1. The summed E-state index contributed by atoms with van der Waals surface area (Å²) in [7, 11) is 1.60. The van der Waals surface area contributed by atoms with E-state index < -0.39 is 0 Å². The molecule has 3 rings (SSSR count). The number of nitrogen functional groups attached to an aromatic ring is 1. The molecule has 0 radical (unpaired) electrons. The van der Waals surface area contributed by atoms with Crippen molar-refractivity contribution in [3.8, 4) is 12.0 Å². The van der Waals surface area contributed by atoms with Crippen LogP contribution >= 0.6 is 0 Å². The van der Waals surface area contributed by atoms with Crippen LogP contribution in [0.2, 0.25) is 0 Å². The number of rotatable bonds is 14. The summed E-state index contributed by atoms with van der Waals surface area (Å²) in [5, 5.41) is 0. The molecule has 0 spiro atoms. The van der Waals surface area contributed by atoms with E-state index >= 15 is 0 Å². The van der Waals surface area contributed by atoms with Gasteiger partial charge in [-0.3, -0.25) is 9.47 Å². The first kappa shape index (κ1) is 27.8. The van der Waals surface area contributed by atoms with Gasteiger partial charge in [0, 0.05) is 32.7 Å². The first-order chi connectivity index (χ1) is 17.4. The number of amides is 1. The quantitative estimate of drug-likeness (QED) is 0.384. The van der Waals surface area contributed by atoms with Gasteiger partial charge in [-0.05, 0) is 31.7 Å². The molecule has 0 aliphatic carbocycles. The van der Waals surface area contributed by atoms with Gasteiger partial charge in [0.1, 0.15) is 0 Å². The molecule has 0 bridgehead atoms. The molecule has 1 aliphatic rings. The summed E-state index contributed by atoms with van der Waals surface area (Å²) in [6.45, 7) is 12.3. The standard InChI is InChI=1S/C25H43N7O4/c1-5-6-17-35-23-28-21(26)20-22(29-23)32(24(27-20)34-4)12-10-8-7-9-11-30-13-15-31(16-14-30)25(33)36-18-19(2)3/h19H,5-18H2,1-4H3,(H2,26,28,29). The van der Waals surface area contributed by atoms with Crippen LogP contribution in [0.5, 0.6) is 12.0 Å². The van der Waals surface area contributed by atoms with Crippen LogP contribution in [0.4, 0.5) is 10.6 Å². The summed E-state index contributed by atoms with van der Waals surface area (Å²) in [5.74, 6) is 0.661. The van der Waals surface area contributed by atoms with Gasteiger partial charge in [0.25, 0.3) is 6.01 Å². The molecule has 1 aliphatic heterocycles. The molecule has 3 heterocycles. The fourth-order valence-corrected chi connectivity index (χ4v) is 4.15. The maximum atomic E-state index is 12.1. The van der Waals surface area contributed by atoms with Crippen LogP contribution in [-0.4, -0.2) is 88.5 Å². The number of hydrogen-bond acceptors (Lipinski definition) is 9. The van der Waals surface area contributed by atoms with Crippen molar-refractivity contribution >= 4 is 23.1 Å². The van der Waals surface area contributed by atoms with E-state index in [2.05, 4.69) is 26.8 Å². The van der Waals surface area contributed by atoms with E-state index in [9.17, 15) is 4.79 Å². The molecule has 0 aromatic carbocycles. The molecule has 2 aromatic rings. The van der Waals surface area contributed by atoms with Gasteiger partial charge in [-0.2, -0.15) is 15.0 Å². The van der Waals surface area contributed by atoms with Crippen molar-refractivity contribution in [1.82, 2.24) is 29.3 Å². The van der Waals surface area contributed by atoms with Crippen molar-refractivity contribution < 1.29 is 19.0 Å². The highest BCUT2D eigenvalue weighted by Crippen LogP contribution is 2.26. The highest BCUT2D eigenvalue weighted by atomic mass is 16.6. The van der Waals surface area contributed by atoms with E-state index in [0.717, 1.165) is 77.8 Å². The van der Waals surface area contributed by atoms with E-state index in [1.165, 1.54) is 0 Å². The molecule has 202 valence electrons. The lowest BCUT2D eigenvalue weighted by molar-refractivity contribution is 0.0687. The number of hydrogen-bond donors (Lipinski definition) is 1. The SMILES string of the molecule is CCCCOc1nc(N)c2nc(OC)n(CCCCCCN3CCN(C(=O)OCC(C)C)CC3)c2n1. The molecule has 2 N–H and O–H groups in total. The van der Waals surface area contributed by atoms with E-state index in [1.54, 1.807) is 7.11 Å². The number of anilines is 1. The Morgan fingerprint density at radius 2 is 1.72 bits per heavy atom. The van der Waals surface area contributed by atoms with Crippen LogP contribution in [0.15, 0.2) is 0 Å². The Hall–Kier alpha value is -2.82. The number of carbonyl (C=O) groups is 1. The van der Waals surface area contributed by atoms with Gasteiger partial charge >= 0.3 is 12.1 Å². The third-order valence-corrected chi connectivity index (χ3v) is 6.25. The second kappa shape index (κ2) is 14.1. The lowest BCUT2D eigenvalue weighted by atomic mass is 10.2. The second-order valence-corrected chi connectivity index (χ2v) is 9.73. The van der Waals surface area contributed by atoms with Crippen LogP contribution in [0.25, 0.3) is 11.2 Å². The Morgan fingerprint density at radius 1 is 1.00 bits per heavy atom. The molecule has 11 nitrogen and oxygen atoms in total. The van der Waals surface area contributed by atoms with Crippen molar-refractivity contribution in [1.29, 1.82) is 0 Å². The summed E-state index contributed by atoms with van der Waals surface area (Å²) in [6, 6.07) is 0.770. The molecule has 0 unspecified atom stereocenters. The van der Waals surface area contributed by atoms with Gasteiger partial charge in [-0.15, -0.1) is 0 Å². The molecular formula is C25H43N7O4. The smallest absolute Gasteiger partial charge is 0.409 e. The third kappa shape index (κ3) is 7.84. The van der Waals surface area contributed by atoms with Crippen molar-refractivity contribution in [2.45, 2.75) is 65.8 Å². The first-order valence-corrected chi connectivity index (χ1v) is 13.3. The number of aromatic nitrogens is 4. The van der Waals surface area contributed by atoms with Gasteiger partial charge in [-0.25, -0.2) is 4.79 Å². The molecule has 0 atom stereocenters. The average molecular weight is 506 g/mol. The van der Waals surface area contributed by atoms with Crippen LogP contribution in [0.1, 0.15) is 59.3 Å². The van der Waals surface area contributed by atoms with E-state index in [4.69, 9.17) is 19.9 Å². The fourth-order valence-electron chi connectivity index (χ4n) is 4.15. The summed E-state index contributed by atoms with van der Waals surface area (Å²) >= 11 is 0. The van der Waals surface area contributed by atoms with Crippen LogP contribution in [0, 0.1) is 5.92 Å². The third-order valence-electron chi connectivity index (χ3n) is 6.25. The van der Waals surface area contributed by atoms with Gasteiger partial charge < -0.3 is 24.8 Å². The van der Waals surface area contributed by atoms with E-state index in [-0.39, 0.29) is 12.1 Å². The number of fused-ring (bicyclic) bond motifs is 1. The Labute approximate surface area is 214 Å². The van der Waals surface area contributed by atoms with E-state index in [0.29, 0.717) is 42.1 Å². The number of nitrogens with two attached hydrogens (primary N) is 1. The fraction of sp³-hybridized carbons (Fsp3) is 0.760. The topological polar surface area (TPSA) is 121 Å². The number of carbonyl (C=O) groups excluding carboxylic acids is 1. The molecular weight excluding hydrogens is 462 g/mol. The summed E-state index contributed by atoms with van der Waals surface area (Å²) < 4.78 is 18.4. The predicted octanol–water partition coefficient (Wildman–Crippen LogP) is 3.57. The Balaban J connectivity index is 1.40. The molecule has 1 saturated heterocycles. The van der Waals surface area contributed by atoms with Gasteiger partial charge in [0.15, 0.2) is 17.0 Å². The number of nitrogens with zero attached hydrogens (tertiary/aromatic N) is 6. The Kier molecular flexibility index (Phi) is 10.8. The monoisotopic (exact) mass is 505 g/mol. The zero-order chi connectivity index (χ0) is 25.9. The number of methoxy groups -OCH3 is 1. The predicted molar refractivity (Wildman–Crippen MR) is 139 cm³/mol. The minimum absolute atomic E-state index is 0.183. The largest absolute Gasteiger partial charge is 0.468 e. The average Bonchev–Trinajstić information content (AvgIpc) is 3.23. The lowest BCUT2D eigenvalue weighted by Crippen LogP contribution is -2.49. The minimum atomic E-state index is -0.183. The second-order valence-electron chi connectivity index (χ2n) is 9.73. The van der Waals surface area contributed by atoms with Crippen molar-refractivity contribution in [2.75, 3.05) is 58.8 Å². The zero-order valence-electron chi connectivity index (χ0n) is 22.4. The van der Waals surface area contributed by atoms with Gasteiger partial charge in [0.05, 0.1) is 20.3 Å². The Morgan fingerprint density at radius 3 is 2.39 bits per heavy atom. The number of ether oxygens (including phenoxy) is 3. The zero-order valence-corrected chi connectivity index (χ0v) is 22.4. The van der Waals surface area contributed by atoms with Crippen molar-refractivity contribution in [3.05, 3.63) is 0 Å². The summed E-state index contributed by atoms with van der Waals surface area (Å²) in [5.41, 5.74) is 7.31. The van der Waals surface area contributed by atoms with Crippen LogP contribution < -0.4 is 15.2 Å². The van der Waals surface area contributed by atoms with Crippen LogP contribution in [0.3, 0.4) is 0 Å². The van der Waals surface area contributed by atoms with Gasteiger partial charge in [0.2, 0.25) is 0 Å². The molecule has 2 aromatic heterocycles. The van der Waals surface area contributed by atoms with Crippen molar-refractivity contribution in [2.24, 2.45) is 5.92 Å². The molecule has 0 saturated carbocycles. The number of aryl methyl sites for hydroxylation is 1. The normalized spacial score (nSPS) is 14.5. The number of piperazine rings is 1. The lowest BCUT2D eigenvalue weighted by Gasteiger charge is -2.34. The summed E-state index contributed by atoms with van der Waals surface area (Å²) in [4.78, 5) is 29.6.